The third-order valence-electron chi connectivity index (χ3n) is 25.1. The van der Waals surface area contributed by atoms with E-state index in [2.05, 4.69) is 64.3 Å². The van der Waals surface area contributed by atoms with E-state index in [9.17, 15) is 68.2 Å². The van der Waals surface area contributed by atoms with Gasteiger partial charge in [0.1, 0.15) is 48.7 Å². The van der Waals surface area contributed by atoms with Crippen molar-refractivity contribution < 1.29 is 115 Å². The average molecular weight is 1880 g/mol. The number of allylic oxidation sites excluding steroid dienone is 2. The predicted molar refractivity (Wildman–Crippen MR) is 512 cm³/mol. The lowest BCUT2D eigenvalue weighted by Gasteiger charge is -2.47. The van der Waals surface area contributed by atoms with Crippen molar-refractivity contribution >= 4 is 51.1 Å². The fourth-order valence-corrected chi connectivity index (χ4v) is 18.5. The highest BCUT2D eigenvalue weighted by Crippen LogP contribution is 2.44. The number of hydrogen-bond donors (Lipinski definition) is 9. The summed E-state index contributed by atoms with van der Waals surface area (Å²) in [6, 6.07) is -3.68. The summed E-state index contributed by atoms with van der Waals surface area (Å²) < 4.78 is 81.5. The Morgan fingerprint density at radius 3 is 0.984 bits per heavy atom. The van der Waals surface area contributed by atoms with E-state index < -0.39 is 176 Å². The lowest BCUT2D eigenvalue weighted by Crippen LogP contribution is -2.68. The number of rotatable bonds is 89. The molecule has 0 aromatic heterocycles. The van der Waals surface area contributed by atoms with E-state index in [4.69, 9.17) is 42.2 Å². The molecule has 129 heavy (non-hydrogen) atoms. The number of unbranched alkanes of at least 4 members (excludes halogenated alkanes) is 53. The van der Waals surface area contributed by atoms with Crippen LogP contribution in [-0.4, -0.2) is 176 Å². The molecule has 2 fully saturated rings. The topological polar surface area (TPSA) is 385 Å². The molecule has 0 spiro atoms. The van der Waals surface area contributed by atoms with E-state index in [1.54, 1.807) is 0 Å². The zero-order valence-electron chi connectivity index (χ0n) is 82.1. The quantitative estimate of drug-likeness (QED) is 0.00898. The number of carbonyl (C=O) groups is 6. The number of amides is 2. The normalized spacial score (nSPS) is 20.4. The molecule has 0 aliphatic carbocycles. The van der Waals surface area contributed by atoms with Gasteiger partial charge in [0.2, 0.25) is 11.8 Å². The Hall–Kier alpha value is -3.46. The molecule has 7 unspecified atom stereocenters. The molecule has 2 heterocycles. The molecular weight excluding hydrogens is 1690 g/mol. The molecule has 2 aliphatic rings. The Kier molecular flexibility index (Phi) is 76.0. The summed E-state index contributed by atoms with van der Waals surface area (Å²) in [5, 5.41) is 52.2. The summed E-state index contributed by atoms with van der Waals surface area (Å²) in [7, 11) is -10.4. The molecule has 2 aliphatic heterocycles. The monoisotopic (exact) mass is 1880 g/mol. The van der Waals surface area contributed by atoms with Crippen molar-refractivity contribution in [1.82, 2.24) is 10.6 Å². The lowest BCUT2D eigenvalue weighted by molar-refractivity contribution is -0.296. The molecule has 26 nitrogen and oxygen atoms in total. The molecule has 2 amide bonds. The number of phosphoric ester groups is 1. The highest BCUT2D eigenvalue weighted by molar-refractivity contribution is 7.51. The minimum atomic E-state index is -5.63. The van der Waals surface area contributed by atoms with E-state index in [0.717, 1.165) is 244 Å². The van der Waals surface area contributed by atoms with Gasteiger partial charge < -0.3 is 78.9 Å². The summed E-state index contributed by atoms with van der Waals surface area (Å²) in [6.45, 7) is 11.9. The van der Waals surface area contributed by atoms with E-state index in [1.807, 2.05) is 0 Å². The smallest absolute Gasteiger partial charge is 0.462 e. The van der Waals surface area contributed by atoms with Crippen molar-refractivity contribution in [1.29, 1.82) is 0 Å². The third kappa shape index (κ3) is 66.6. The van der Waals surface area contributed by atoms with Crippen molar-refractivity contribution in [3.63, 3.8) is 0 Å². The van der Waals surface area contributed by atoms with E-state index in [-0.39, 0.29) is 32.1 Å². The van der Waals surface area contributed by atoms with Crippen LogP contribution in [-0.2, 0) is 80.1 Å². The van der Waals surface area contributed by atoms with Crippen molar-refractivity contribution in [2.45, 2.75) is 577 Å². The number of nitrogens with one attached hydrogen (secondary N) is 2. The van der Waals surface area contributed by atoms with Gasteiger partial charge in [0, 0.05) is 19.5 Å². The summed E-state index contributed by atoms with van der Waals surface area (Å²) in [6.07, 6.45) is 45.2. The van der Waals surface area contributed by atoms with Crippen LogP contribution >= 0.6 is 15.4 Å². The third-order valence-corrected chi connectivity index (χ3v) is 26.2. The van der Waals surface area contributed by atoms with Gasteiger partial charge in [-0.1, -0.05) is 388 Å². The number of hydrogen-bond acceptors (Lipinski definition) is 21. The Balaban J connectivity index is 2.78. The van der Waals surface area contributed by atoms with Gasteiger partial charge in [0.15, 0.2) is 24.8 Å². The summed E-state index contributed by atoms with van der Waals surface area (Å²) in [5.41, 5.74) is 0. The molecule has 758 valence electrons. The fraction of sp³-hybridized carbons (Fsp3) is 0.921. The van der Waals surface area contributed by atoms with Crippen LogP contribution in [0.25, 0.3) is 0 Å². The first-order chi connectivity index (χ1) is 62.3. The molecule has 0 aromatic rings. The molecule has 0 bridgehead atoms. The molecule has 0 saturated carbocycles. The van der Waals surface area contributed by atoms with Gasteiger partial charge in [-0.2, -0.15) is 0 Å². The van der Waals surface area contributed by atoms with Crippen LogP contribution in [0.4, 0.5) is 0 Å². The standard InChI is InChI=1S/C101H190N2O24P2/c1-8-14-20-26-32-38-40-42-44-50-56-62-68-74-90(109)120-84(72-66-60-54-48-36-30-24-18-12-5)78-88(107)102-94-98(124-92(111)76-82(105)70-64-58-52-46-34-28-22-16-10-3)96(113)87(123-101(94)127-128(7,114)115)81-119-100-95(99(97(86(80-104)122-100)126-129(116,117)118)125-93(112)77-83(106)71-65-59-53-47-35-29-23-17-11-4)103-89(108)79-85(73-67-61-55-49-37-31-25-19-13-6)121-91(110)75-69-63-57-51-45-43-41-39-33-27-21-15-9-2/h39,41,82-87,94-101,104-106,113H,8-38,40,42-81H2,1-7H3,(H,102,107)(H,103,108)(H,114,115)(H2,116,117,118)/b41-39-/t82-,83-,84-,85-,86?,87?,94+,95+,96-,97?,98?,99?,100-,101?/m1/s1. The van der Waals surface area contributed by atoms with Gasteiger partial charge >= 0.3 is 39.3 Å². The van der Waals surface area contributed by atoms with Gasteiger partial charge in [-0.25, -0.2) is 4.57 Å². The highest BCUT2D eigenvalue weighted by Gasteiger charge is 2.55. The highest BCUT2D eigenvalue weighted by atomic mass is 31.2. The van der Waals surface area contributed by atoms with Crippen LogP contribution in [0.5, 0.6) is 0 Å². The zero-order valence-corrected chi connectivity index (χ0v) is 83.9. The predicted octanol–water partition coefficient (Wildman–Crippen LogP) is 23.4. The first kappa shape index (κ1) is 122. The number of ether oxygens (including phenoxy) is 7. The summed E-state index contributed by atoms with van der Waals surface area (Å²) in [4.78, 5) is 119. The molecule has 15 atom stereocenters. The van der Waals surface area contributed by atoms with Gasteiger partial charge in [-0.15, -0.1) is 0 Å². The van der Waals surface area contributed by atoms with Crippen molar-refractivity contribution in [2.24, 2.45) is 0 Å². The maximum absolute atomic E-state index is 15.1. The van der Waals surface area contributed by atoms with Gasteiger partial charge in [-0.05, 0) is 77.0 Å². The van der Waals surface area contributed by atoms with Crippen LogP contribution in [0.15, 0.2) is 12.2 Å². The molecular formula is C101H190N2O24P2. The number of aliphatic hydroxyl groups is 4. The Morgan fingerprint density at radius 2 is 0.651 bits per heavy atom. The molecule has 2 saturated heterocycles. The van der Waals surface area contributed by atoms with Gasteiger partial charge in [0.05, 0.1) is 51.1 Å². The molecule has 28 heteroatoms. The lowest BCUT2D eigenvalue weighted by atomic mass is 9.95. The molecule has 2 rings (SSSR count). The second-order valence-corrected chi connectivity index (χ2v) is 40.6. The first-order valence-corrected chi connectivity index (χ1v) is 56.2. The largest absolute Gasteiger partial charge is 0.470 e. The second kappa shape index (κ2) is 80.6. The van der Waals surface area contributed by atoms with Gasteiger partial charge in [0.25, 0.3) is 0 Å². The summed E-state index contributed by atoms with van der Waals surface area (Å²) in [5.74, 6) is -4.78. The van der Waals surface area contributed by atoms with Crippen LogP contribution < -0.4 is 10.6 Å². The number of esters is 4. The maximum Gasteiger partial charge on any atom is 0.470 e. The fourth-order valence-electron chi connectivity index (χ4n) is 17.4. The van der Waals surface area contributed by atoms with E-state index >= 15 is 4.79 Å². The maximum atomic E-state index is 15.1. The van der Waals surface area contributed by atoms with Gasteiger partial charge in [-0.3, -0.25) is 42.4 Å². The van der Waals surface area contributed by atoms with E-state index in [1.165, 1.54) is 109 Å². The zero-order chi connectivity index (χ0) is 94.7. The Labute approximate surface area is 781 Å². The number of carbonyl (C=O) groups excluding carboxylic acids is 6. The second-order valence-electron chi connectivity index (χ2n) is 37.6. The van der Waals surface area contributed by atoms with Crippen molar-refractivity contribution in [2.75, 3.05) is 19.9 Å². The Bertz CT molecular complexity index is 2870. The van der Waals surface area contributed by atoms with Crippen molar-refractivity contribution in [3.8, 4) is 0 Å². The minimum absolute atomic E-state index is 0.0904. The SMILES string of the molecule is CCCCCC/C=C\CCCCCCCC(=O)O[C@H](CCCCCCCCCCC)CC(=O)N[C@H]1C(OC(=O)C[C@H](O)CCCCCCCCCCC)C(OP(=O)(O)O)C(CO)O[C@H]1OCC1OC(OP(C)(=O)O)[C@@H](NC(=O)C[C@@H](CCCCCCCCCCC)OC(=O)CCCCCCCCCCCCCCC)C(OC(=O)C[C@H](O)CCCCCCCCCCC)[C@@H]1O. The van der Waals surface area contributed by atoms with E-state index in [0.29, 0.717) is 44.9 Å². The number of phosphoric acid groups is 1. The molecule has 9 N–H and O–H groups in total. The molecule has 0 radical (unpaired) electrons. The minimum Gasteiger partial charge on any atom is -0.462 e. The summed E-state index contributed by atoms with van der Waals surface area (Å²) >= 11 is 0. The van der Waals surface area contributed by atoms with Crippen LogP contribution in [0.3, 0.4) is 0 Å². The first-order valence-electron chi connectivity index (χ1n) is 52.6. The van der Waals surface area contributed by atoms with Crippen LogP contribution in [0, 0.1) is 0 Å². The number of aliphatic hydroxyl groups excluding tert-OH is 4. The Morgan fingerprint density at radius 1 is 0.357 bits per heavy atom. The van der Waals surface area contributed by atoms with Crippen LogP contribution in [0.1, 0.15) is 491 Å². The van der Waals surface area contributed by atoms with Crippen molar-refractivity contribution in [3.05, 3.63) is 12.2 Å². The average Bonchev–Trinajstić information content (AvgIpc) is 0.781. The van der Waals surface area contributed by atoms with Crippen LogP contribution in [0.2, 0.25) is 0 Å². The molecule has 0 aromatic carbocycles.